The summed E-state index contributed by atoms with van der Waals surface area (Å²) in [7, 11) is 0. The highest BCUT2D eigenvalue weighted by Gasteiger charge is 2.24. The van der Waals surface area contributed by atoms with Gasteiger partial charge in [-0.2, -0.15) is 0 Å². The summed E-state index contributed by atoms with van der Waals surface area (Å²) >= 11 is 0. The number of fused-ring (bicyclic) bond motifs is 1. The number of nitrogens with one attached hydrogen (secondary N) is 1. The van der Waals surface area contributed by atoms with E-state index in [1.165, 1.54) is 11.6 Å². The number of pyridine rings is 1. The van der Waals surface area contributed by atoms with Gasteiger partial charge >= 0.3 is 0 Å². The van der Waals surface area contributed by atoms with Gasteiger partial charge < -0.3 is 15.0 Å². The number of carbonyl (C=O) groups is 2. The molecule has 0 unspecified atom stereocenters. The topological polar surface area (TPSA) is 71.5 Å². The maximum atomic E-state index is 13.0. The van der Waals surface area contributed by atoms with E-state index in [2.05, 4.69) is 16.4 Å². The molecule has 1 aliphatic rings. The van der Waals surface area contributed by atoms with Crippen LogP contribution in [0.2, 0.25) is 0 Å². The average molecular weight is 476 g/mol. The lowest BCUT2D eigenvalue weighted by Gasteiger charge is -2.17. The van der Waals surface area contributed by atoms with E-state index in [1.807, 2.05) is 54.6 Å². The molecule has 0 saturated heterocycles. The minimum Gasteiger partial charge on any atom is -0.489 e. The van der Waals surface area contributed by atoms with E-state index >= 15 is 0 Å². The molecular weight excluding hydrogens is 450 g/mol. The smallest absolute Gasteiger partial charge is 0.258 e. The van der Waals surface area contributed by atoms with Crippen LogP contribution in [0, 0.1) is 0 Å². The molecule has 6 heteroatoms. The second kappa shape index (κ2) is 10.7. The van der Waals surface area contributed by atoms with Crippen LogP contribution in [0.3, 0.4) is 0 Å². The van der Waals surface area contributed by atoms with Crippen molar-refractivity contribution in [3.63, 3.8) is 0 Å². The minimum absolute atomic E-state index is 0.0365. The summed E-state index contributed by atoms with van der Waals surface area (Å²) in [6, 6.07) is 26.3. The van der Waals surface area contributed by atoms with Crippen LogP contribution in [0.15, 0.2) is 103 Å². The molecule has 0 saturated carbocycles. The molecule has 178 valence electrons. The third kappa shape index (κ3) is 5.50. The van der Waals surface area contributed by atoms with Crippen molar-refractivity contribution in [1.29, 1.82) is 0 Å². The summed E-state index contributed by atoms with van der Waals surface area (Å²) in [6.07, 6.45) is 7.58. The lowest BCUT2D eigenvalue weighted by Crippen LogP contribution is -2.28. The molecule has 3 aromatic carbocycles. The van der Waals surface area contributed by atoms with Crippen LogP contribution in [0.1, 0.15) is 27.0 Å². The standard InChI is InChI=1S/C30H25N3O3/c34-29(16-9-22-7-14-27(15-8-22)36-21-23-4-3-18-31-20-23)32-26-12-10-25(11-13-26)30(35)33-19-17-24-5-1-2-6-28(24)33/h1-16,18,20H,17,19,21H2,(H,32,34)/b16-9+. The van der Waals surface area contributed by atoms with E-state index in [1.54, 1.807) is 47.6 Å². The van der Waals surface area contributed by atoms with Gasteiger partial charge in [0.1, 0.15) is 12.4 Å². The molecule has 0 fully saturated rings. The van der Waals surface area contributed by atoms with Crippen molar-refractivity contribution in [2.24, 2.45) is 0 Å². The van der Waals surface area contributed by atoms with Gasteiger partial charge in [-0.1, -0.05) is 36.4 Å². The summed E-state index contributed by atoms with van der Waals surface area (Å²) in [5.41, 5.74) is 5.25. The predicted molar refractivity (Wildman–Crippen MR) is 141 cm³/mol. The molecule has 4 aromatic rings. The number of amides is 2. The molecular formula is C30H25N3O3. The molecule has 0 aliphatic carbocycles. The normalized spacial score (nSPS) is 12.4. The molecule has 0 radical (unpaired) electrons. The first-order chi connectivity index (χ1) is 17.7. The Morgan fingerprint density at radius 3 is 2.53 bits per heavy atom. The summed E-state index contributed by atoms with van der Waals surface area (Å²) in [5, 5.41) is 2.83. The predicted octanol–water partition coefficient (Wildman–Crippen LogP) is 5.52. The first kappa shape index (κ1) is 23.1. The first-order valence-electron chi connectivity index (χ1n) is 11.8. The number of benzene rings is 3. The van der Waals surface area contributed by atoms with E-state index in [4.69, 9.17) is 4.74 Å². The number of carbonyl (C=O) groups excluding carboxylic acids is 2. The third-order valence-corrected chi connectivity index (χ3v) is 5.97. The van der Waals surface area contributed by atoms with Crippen LogP contribution < -0.4 is 15.0 Å². The summed E-state index contributed by atoms with van der Waals surface area (Å²) < 4.78 is 5.76. The number of hydrogen-bond donors (Lipinski definition) is 1. The van der Waals surface area contributed by atoms with E-state index < -0.39 is 0 Å². The van der Waals surface area contributed by atoms with Crippen LogP contribution in [0.25, 0.3) is 6.08 Å². The minimum atomic E-state index is -0.251. The van der Waals surface area contributed by atoms with Gasteiger partial charge in [-0.3, -0.25) is 14.6 Å². The van der Waals surface area contributed by atoms with Crippen molar-refractivity contribution in [3.8, 4) is 5.75 Å². The van der Waals surface area contributed by atoms with E-state index in [-0.39, 0.29) is 11.8 Å². The Labute approximate surface area is 209 Å². The molecule has 0 atom stereocenters. The Balaban J connectivity index is 1.13. The van der Waals surface area contributed by atoms with Crippen molar-refractivity contribution in [3.05, 3.63) is 126 Å². The second-order valence-corrected chi connectivity index (χ2v) is 8.45. The highest BCUT2D eigenvalue weighted by Crippen LogP contribution is 2.29. The SMILES string of the molecule is O=C(/C=C/c1ccc(OCc2cccnc2)cc1)Nc1ccc(C(=O)N2CCc3ccccc32)cc1. The lowest BCUT2D eigenvalue weighted by molar-refractivity contribution is -0.111. The lowest BCUT2D eigenvalue weighted by atomic mass is 10.1. The maximum absolute atomic E-state index is 13.0. The molecule has 2 amide bonds. The van der Waals surface area contributed by atoms with Crippen molar-refractivity contribution in [2.45, 2.75) is 13.0 Å². The fraction of sp³-hybridized carbons (Fsp3) is 0.100. The van der Waals surface area contributed by atoms with Gasteiger partial charge in [-0.05, 0) is 72.2 Å². The van der Waals surface area contributed by atoms with Crippen molar-refractivity contribution >= 4 is 29.3 Å². The fourth-order valence-electron chi connectivity index (χ4n) is 4.08. The van der Waals surface area contributed by atoms with E-state index in [0.29, 0.717) is 24.4 Å². The van der Waals surface area contributed by atoms with Crippen LogP contribution in [0.5, 0.6) is 5.75 Å². The summed E-state index contributed by atoms with van der Waals surface area (Å²) in [4.78, 5) is 31.2. The molecule has 1 N–H and O–H groups in total. The highest BCUT2D eigenvalue weighted by atomic mass is 16.5. The number of rotatable bonds is 7. The second-order valence-electron chi connectivity index (χ2n) is 8.45. The van der Waals surface area contributed by atoms with Crippen LogP contribution >= 0.6 is 0 Å². The Morgan fingerprint density at radius 1 is 0.944 bits per heavy atom. The van der Waals surface area contributed by atoms with Crippen LogP contribution in [-0.2, 0) is 17.8 Å². The van der Waals surface area contributed by atoms with E-state index in [9.17, 15) is 9.59 Å². The Hall–Kier alpha value is -4.71. The maximum Gasteiger partial charge on any atom is 0.258 e. The zero-order valence-corrected chi connectivity index (χ0v) is 19.6. The van der Waals surface area contributed by atoms with Gasteiger partial charge in [0.15, 0.2) is 0 Å². The number of nitrogens with zero attached hydrogens (tertiary/aromatic N) is 2. The third-order valence-electron chi connectivity index (χ3n) is 5.97. The van der Waals surface area contributed by atoms with Gasteiger partial charge in [0.05, 0.1) is 0 Å². The quantitative estimate of drug-likeness (QED) is 0.358. The van der Waals surface area contributed by atoms with Gasteiger partial charge in [0.25, 0.3) is 5.91 Å². The molecule has 5 rings (SSSR count). The van der Waals surface area contributed by atoms with E-state index in [0.717, 1.165) is 29.0 Å². The molecule has 2 heterocycles. The van der Waals surface area contributed by atoms with Gasteiger partial charge in [-0.15, -0.1) is 0 Å². The largest absolute Gasteiger partial charge is 0.489 e. The summed E-state index contributed by atoms with van der Waals surface area (Å²) in [6.45, 7) is 1.13. The number of para-hydroxylation sites is 1. The van der Waals surface area contributed by atoms with Crippen LogP contribution in [0.4, 0.5) is 11.4 Å². The number of hydrogen-bond acceptors (Lipinski definition) is 4. The Morgan fingerprint density at radius 2 is 1.75 bits per heavy atom. The summed E-state index contributed by atoms with van der Waals surface area (Å²) in [5.74, 6) is 0.456. The average Bonchev–Trinajstić information content (AvgIpc) is 3.36. The molecule has 36 heavy (non-hydrogen) atoms. The fourth-order valence-corrected chi connectivity index (χ4v) is 4.08. The Kier molecular flexibility index (Phi) is 6.85. The molecule has 0 spiro atoms. The van der Waals surface area contributed by atoms with Crippen molar-refractivity contribution < 1.29 is 14.3 Å². The number of anilines is 2. The van der Waals surface area contributed by atoms with Gasteiger partial charge in [-0.25, -0.2) is 0 Å². The monoisotopic (exact) mass is 475 g/mol. The zero-order valence-electron chi connectivity index (χ0n) is 19.6. The number of ether oxygens (including phenoxy) is 1. The highest BCUT2D eigenvalue weighted by molar-refractivity contribution is 6.08. The Bertz CT molecular complexity index is 1380. The molecule has 6 nitrogen and oxygen atoms in total. The molecule has 1 aromatic heterocycles. The van der Waals surface area contributed by atoms with Crippen LogP contribution in [-0.4, -0.2) is 23.3 Å². The number of aromatic nitrogens is 1. The molecule has 1 aliphatic heterocycles. The van der Waals surface area contributed by atoms with Gasteiger partial charge in [0.2, 0.25) is 5.91 Å². The molecule has 0 bridgehead atoms. The van der Waals surface area contributed by atoms with Crippen molar-refractivity contribution in [1.82, 2.24) is 4.98 Å². The first-order valence-corrected chi connectivity index (χ1v) is 11.8. The zero-order chi connectivity index (χ0) is 24.7. The van der Waals surface area contributed by atoms with Gasteiger partial charge in [0, 0.05) is 47.5 Å². The van der Waals surface area contributed by atoms with Crippen molar-refractivity contribution in [2.75, 3.05) is 16.8 Å².